The molecular formula is C24H29N3O. The van der Waals surface area contributed by atoms with E-state index in [-0.39, 0.29) is 5.91 Å². The van der Waals surface area contributed by atoms with Crippen LogP contribution in [0, 0.1) is 0 Å². The number of benzene rings is 1. The number of amides is 1. The lowest BCUT2D eigenvalue weighted by molar-refractivity contribution is 0.0613. The van der Waals surface area contributed by atoms with E-state index in [1.54, 1.807) is 0 Å². The van der Waals surface area contributed by atoms with Crippen LogP contribution in [0.25, 0.3) is 22.0 Å². The summed E-state index contributed by atoms with van der Waals surface area (Å²) in [4.78, 5) is 22.5. The van der Waals surface area contributed by atoms with Crippen molar-refractivity contribution >= 4 is 16.7 Å². The third-order valence-corrected chi connectivity index (χ3v) is 5.85. The zero-order chi connectivity index (χ0) is 19.5. The molecule has 0 atom stereocenters. The molecule has 1 aromatic rings. The highest BCUT2D eigenvalue weighted by Gasteiger charge is 2.28. The molecule has 0 saturated heterocycles. The summed E-state index contributed by atoms with van der Waals surface area (Å²) in [5.74, 6) is 0.0803. The number of nitrogens with zero attached hydrogens (tertiary/aromatic N) is 3. The third kappa shape index (κ3) is 3.88. The maximum Gasteiger partial charge on any atom is 0.272 e. The summed E-state index contributed by atoms with van der Waals surface area (Å²) in [6.45, 7) is 1.63. The Labute approximate surface area is 167 Å². The van der Waals surface area contributed by atoms with Crippen molar-refractivity contribution in [1.82, 2.24) is 14.8 Å². The average Bonchev–Trinajstić information content (AvgIpc) is 3.05. The van der Waals surface area contributed by atoms with Gasteiger partial charge in [0.1, 0.15) is 5.69 Å². The molecular weight excluding hydrogens is 346 g/mol. The first kappa shape index (κ1) is 18.9. The fourth-order valence-electron chi connectivity index (χ4n) is 4.30. The summed E-state index contributed by atoms with van der Waals surface area (Å²) >= 11 is 0. The first-order chi connectivity index (χ1) is 13.6. The molecule has 4 heteroatoms. The smallest absolute Gasteiger partial charge is 0.272 e. The van der Waals surface area contributed by atoms with Crippen LogP contribution in [-0.2, 0) is 0 Å². The molecule has 146 valence electrons. The van der Waals surface area contributed by atoms with Crippen LogP contribution in [0.2, 0.25) is 0 Å². The van der Waals surface area contributed by atoms with Crippen molar-refractivity contribution in [3.63, 3.8) is 0 Å². The van der Waals surface area contributed by atoms with Crippen LogP contribution < -0.4 is 0 Å². The summed E-state index contributed by atoms with van der Waals surface area (Å²) in [5.41, 5.74) is 2.52. The number of carbonyl (C=O) groups is 1. The van der Waals surface area contributed by atoms with Crippen molar-refractivity contribution in [3.05, 3.63) is 54.2 Å². The molecule has 2 aliphatic carbocycles. The third-order valence-electron chi connectivity index (χ3n) is 5.85. The normalized spacial score (nSPS) is 15.4. The van der Waals surface area contributed by atoms with Crippen LogP contribution in [0.15, 0.2) is 48.5 Å². The lowest BCUT2D eigenvalue weighted by Crippen LogP contribution is -2.44. The van der Waals surface area contributed by atoms with Crippen molar-refractivity contribution in [3.8, 4) is 11.3 Å². The molecule has 1 aromatic carbocycles. The van der Waals surface area contributed by atoms with Gasteiger partial charge in [-0.05, 0) is 38.4 Å². The van der Waals surface area contributed by atoms with Gasteiger partial charge in [0.25, 0.3) is 5.91 Å². The second kappa shape index (κ2) is 8.27. The first-order valence-corrected chi connectivity index (χ1v) is 10.4. The van der Waals surface area contributed by atoms with E-state index >= 15 is 0 Å². The van der Waals surface area contributed by atoms with Crippen LogP contribution in [-0.4, -0.2) is 53.9 Å². The minimum absolute atomic E-state index is 0.0803. The van der Waals surface area contributed by atoms with Gasteiger partial charge in [-0.25, -0.2) is 4.98 Å². The van der Waals surface area contributed by atoms with Crippen LogP contribution >= 0.6 is 0 Å². The lowest BCUT2D eigenvalue weighted by Gasteiger charge is -2.34. The average molecular weight is 376 g/mol. The molecule has 1 aliphatic heterocycles. The molecule has 4 rings (SSSR count). The molecule has 0 aromatic heterocycles. The monoisotopic (exact) mass is 375 g/mol. The maximum atomic E-state index is 13.5. The number of aromatic nitrogens is 1. The lowest BCUT2D eigenvalue weighted by atomic mass is 9.94. The van der Waals surface area contributed by atoms with Crippen LogP contribution in [0.1, 0.15) is 42.6 Å². The summed E-state index contributed by atoms with van der Waals surface area (Å²) < 4.78 is 0. The predicted molar refractivity (Wildman–Crippen MR) is 115 cm³/mol. The number of hydrogen-bond acceptors (Lipinski definition) is 3. The Morgan fingerprint density at radius 2 is 1.75 bits per heavy atom. The second-order valence-corrected chi connectivity index (χ2v) is 8.15. The van der Waals surface area contributed by atoms with Gasteiger partial charge in [0.15, 0.2) is 0 Å². The number of carbonyl (C=O) groups excluding carboxylic acids is 1. The minimum Gasteiger partial charge on any atom is -0.333 e. The van der Waals surface area contributed by atoms with Gasteiger partial charge in [-0.3, -0.25) is 4.79 Å². The Morgan fingerprint density at radius 1 is 1.00 bits per heavy atom. The Bertz CT molecular complexity index is 930. The molecule has 0 bridgehead atoms. The molecule has 3 aliphatic rings. The Balaban J connectivity index is 1.70. The van der Waals surface area contributed by atoms with E-state index in [1.807, 2.05) is 24.3 Å². The van der Waals surface area contributed by atoms with Gasteiger partial charge in [0.05, 0.1) is 5.69 Å². The predicted octanol–water partition coefficient (Wildman–Crippen LogP) is 4.68. The molecule has 0 N–H and O–H groups in total. The fraction of sp³-hybridized carbons (Fsp3) is 0.417. The summed E-state index contributed by atoms with van der Waals surface area (Å²) in [7, 11) is 4.12. The summed E-state index contributed by atoms with van der Waals surface area (Å²) in [6.07, 6.45) is 5.93. The highest BCUT2D eigenvalue weighted by atomic mass is 16.2. The van der Waals surface area contributed by atoms with Gasteiger partial charge >= 0.3 is 0 Å². The quantitative estimate of drug-likeness (QED) is 0.650. The van der Waals surface area contributed by atoms with E-state index in [4.69, 9.17) is 4.98 Å². The first-order valence-electron chi connectivity index (χ1n) is 10.4. The van der Waals surface area contributed by atoms with Crippen molar-refractivity contribution in [2.75, 3.05) is 27.2 Å². The van der Waals surface area contributed by atoms with Crippen molar-refractivity contribution in [1.29, 1.82) is 0 Å². The standard InChI is InChI=1S/C24H29N3O/c1-26(2)15-16-27(20-12-4-3-5-13-20)24(28)22-17-19-11-8-10-18-9-6-7-14-21(18)23(19)25-22/h6-11,14,17,20H,3-5,12-13,15-16H2,1-2H3. The van der Waals surface area contributed by atoms with Crippen molar-refractivity contribution in [2.24, 2.45) is 0 Å². The van der Waals surface area contributed by atoms with Gasteiger partial charge in [0.2, 0.25) is 0 Å². The van der Waals surface area contributed by atoms with Gasteiger partial charge in [-0.2, -0.15) is 0 Å². The van der Waals surface area contributed by atoms with Gasteiger partial charge in [-0.15, -0.1) is 0 Å². The number of fused-ring (bicyclic) bond motifs is 3. The largest absolute Gasteiger partial charge is 0.333 e. The molecule has 1 fully saturated rings. The summed E-state index contributed by atoms with van der Waals surface area (Å²) in [6, 6.07) is 16.8. The SMILES string of the molecule is CN(C)CCN(C(=O)c1cc2cccc3ccccc3c-2n1)C1CCCCC1. The molecule has 1 saturated carbocycles. The Morgan fingerprint density at radius 3 is 2.54 bits per heavy atom. The molecule has 1 heterocycles. The number of hydrogen-bond donors (Lipinski definition) is 0. The van der Waals surface area contributed by atoms with E-state index in [0.717, 1.165) is 48.0 Å². The van der Waals surface area contributed by atoms with Crippen LogP contribution in [0.5, 0.6) is 0 Å². The second-order valence-electron chi connectivity index (χ2n) is 8.15. The molecule has 28 heavy (non-hydrogen) atoms. The number of rotatable bonds is 5. The van der Waals surface area contributed by atoms with E-state index in [9.17, 15) is 4.79 Å². The number of likely N-dealkylation sites (N-methyl/N-ethyl adjacent to an activating group) is 1. The molecule has 0 radical (unpaired) electrons. The van der Waals surface area contributed by atoms with Gasteiger partial charge in [0, 0.05) is 30.1 Å². The molecule has 0 spiro atoms. The molecule has 1 amide bonds. The highest BCUT2D eigenvalue weighted by Crippen LogP contribution is 2.31. The topological polar surface area (TPSA) is 36.4 Å². The minimum atomic E-state index is 0.0803. The van der Waals surface area contributed by atoms with Gasteiger partial charge in [-0.1, -0.05) is 61.7 Å². The zero-order valence-corrected chi connectivity index (χ0v) is 16.9. The van der Waals surface area contributed by atoms with Crippen LogP contribution in [0.4, 0.5) is 0 Å². The Hall–Kier alpha value is -2.46. The highest BCUT2D eigenvalue weighted by molar-refractivity contribution is 6.00. The summed E-state index contributed by atoms with van der Waals surface area (Å²) in [5, 5.41) is 2.24. The zero-order valence-electron chi connectivity index (χ0n) is 16.9. The van der Waals surface area contributed by atoms with E-state index in [1.165, 1.54) is 19.3 Å². The van der Waals surface area contributed by atoms with E-state index in [0.29, 0.717) is 11.7 Å². The molecule has 0 unspecified atom stereocenters. The van der Waals surface area contributed by atoms with E-state index in [2.05, 4.69) is 48.2 Å². The van der Waals surface area contributed by atoms with Gasteiger partial charge < -0.3 is 9.80 Å². The molecule has 4 nitrogen and oxygen atoms in total. The van der Waals surface area contributed by atoms with E-state index < -0.39 is 0 Å². The Kier molecular flexibility index (Phi) is 5.58. The van der Waals surface area contributed by atoms with Crippen LogP contribution in [0.3, 0.4) is 0 Å². The maximum absolute atomic E-state index is 13.5. The van der Waals surface area contributed by atoms with Crippen molar-refractivity contribution < 1.29 is 4.79 Å². The van der Waals surface area contributed by atoms with Crippen molar-refractivity contribution in [2.45, 2.75) is 38.1 Å². The fourth-order valence-corrected chi connectivity index (χ4v) is 4.30.